The van der Waals surface area contributed by atoms with Crippen LogP contribution < -0.4 is 9.62 Å². The van der Waals surface area contributed by atoms with Gasteiger partial charge in [0.1, 0.15) is 6.04 Å². The number of hydrogen-bond acceptors (Lipinski definition) is 3. The summed E-state index contributed by atoms with van der Waals surface area (Å²) in [5, 5.41) is 2.85. The molecule has 0 spiro atoms. The number of anilines is 1. The molecule has 1 atom stereocenters. The van der Waals surface area contributed by atoms with Gasteiger partial charge in [-0.2, -0.15) is 13.2 Å². The van der Waals surface area contributed by atoms with Crippen molar-refractivity contribution >= 4 is 33.2 Å². The largest absolute Gasteiger partial charge is 0.416 e. The van der Waals surface area contributed by atoms with Crippen molar-refractivity contribution in [1.29, 1.82) is 0 Å². The lowest BCUT2D eigenvalue weighted by Gasteiger charge is -2.31. The van der Waals surface area contributed by atoms with Gasteiger partial charge < -0.3 is 5.32 Å². The van der Waals surface area contributed by atoms with Gasteiger partial charge in [0.2, 0.25) is 15.9 Å². The van der Waals surface area contributed by atoms with Gasteiger partial charge in [0, 0.05) is 11.6 Å². The second-order valence-electron chi connectivity index (χ2n) is 6.83. The molecule has 0 aliphatic carbocycles. The van der Waals surface area contributed by atoms with E-state index < -0.39 is 33.7 Å². The number of hydrogen-bond donors (Lipinski definition) is 1. The smallest absolute Gasteiger partial charge is 0.350 e. The molecular formula is C20H22ClF3N2O3S. The zero-order valence-corrected chi connectivity index (χ0v) is 18.2. The topological polar surface area (TPSA) is 66.5 Å². The van der Waals surface area contributed by atoms with Gasteiger partial charge in [-0.05, 0) is 48.7 Å². The molecular weight excluding hydrogens is 441 g/mol. The van der Waals surface area contributed by atoms with Crippen molar-refractivity contribution < 1.29 is 26.4 Å². The molecule has 1 amide bonds. The molecule has 1 N–H and O–H groups in total. The lowest BCUT2D eigenvalue weighted by molar-refractivity contribution is -0.137. The molecule has 0 fully saturated rings. The van der Waals surface area contributed by atoms with Crippen molar-refractivity contribution in [3.63, 3.8) is 0 Å². The minimum absolute atomic E-state index is 0.146. The lowest BCUT2D eigenvalue weighted by Crippen LogP contribution is -2.49. The Balaban J connectivity index is 2.30. The van der Waals surface area contributed by atoms with Crippen LogP contribution in [0.4, 0.5) is 18.9 Å². The Bertz CT molecular complexity index is 1030. The number of halogens is 4. The highest BCUT2D eigenvalue weighted by molar-refractivity contribution is 7.92. The van der Waals surface area contributed by atoms with Crippen molar-refractivity contribution in [1.82, 2.24) is 5.32 Å². The zero-order chi connectivity index (χ0) is 22.7. The third kappa shape index (κ3) is 5.89. The van der Waals surface area contributed by atoms with Crippen LogP contribution in [-0.2, 0) is 27.5 Å². The van der Waals surface area contributed by atoms with Crippen LogP contribution in [-0.4, -0.2) is 26.6 Å². The molecule has 2 aromatic carbocycles. The Kier molecular flexibility index (Phi) is 7.41. The van der Waals surface area contributed by atoms with Gasteiger partial charge in [0.15, 0.2) is 0 Å². The van der Waals surface area contributed by atoms with Crippen LogP contribution in [0, 0.1) is 6.92 Å². The van der Waals surface area contributed by atoms with Gasteiger partial charge >= 0.3 is 6.18 Å². The van der Waals surface area contributed by atoms with E-state index in [1.165, 1.54) is 18.2 Å². The van der Waals surface area contributed by atoms with Gasteiger partial charge in [-0.15, -0.1) is 0 Å². The highest BCUT2D eigenvalue weighted by Crippen LogP contribution is 2.30. The van der Waals surface area contributed by atoms with E-state index in [0.717, 1.165) is 22.7 Å². The maximum absolute atomic E-state index is 12.9. The molecule has 2 rings (SSSR count). The second-order valence-corrected chi connectivity index (χ2v) is 9.13. The molecule has 0 aliphatic rings. The Morgan fingerprint density at radius 3 is 2.43 bits per heavy atom. The fourth-order valence-electron chi connectivity index (χ4n) is 3.02. The summed E-state index contributed by atoms with van der Waals surface area (Å²) in [6, 6.07) is 8.19. The quantitative estimate of drug-likeness (QED) is 0.657. The minimum atomic E-state index is -4.50. The average Bonchev–Trinajstić information content (AvgIpc) is 2.65. The lowest BCUT2D eigenvalue weighted by atomic mass is 10.1. The standard InChI is InChI=1S/C20H22ClF3N2O3S/c1-4-17(26(30(3,28)29)18-11-16(21)9-8-13(18)2)19(27)25-12-14-6-5-7-15(10-14)20(22,23)24/h5-11,17H,4,12H2,1-3H3,(H,25,27)/t17-/m0/s1. The summed E-state index contributed by atoms with van der Waals surface area (Å²) in [6.07, 6.45) is -3.37. The summed E-state index contributed by atoms with van der Waals surface area (Å²) in [4.78, 5) is 12.8. The van der Waals surface area contributed by atoms with Crippen LogP contribution in [0.1, 0.15) is 30.0 Å². The SMILES string of the molecule is CC[C@@H](C(=O)NCc1cccc(C(F)(F)F)c1)N(c1cc(Cl)ccc1C)S(C)(=O)=O. The summed E-state index contributed by atoms with van der Waals surface area (Å²) in [5.74, 6) is -0.625. The monoisotopic (exact) mass is 462 g/mol. The first-order valence-electron chi connectivity index (χ1n) is 9.04. The number of sulfonamides is 1. The van der Waals surface area contributed by atoms with Crippen molar-refractivity contribution in [3.05, 3.63) is 64.2 Å². The number of nitrogens with one attached hydrogen (secondary N) is 1. The van der Waals surface area contributed by atoms with Crippen LogP contribution in [0.2, 0.25) is 5.02 Å². The predicted molar refractivity (Wildman–Crippen MR) is 111 cm³/mol. The summed E-state index contributed by atoms with van der Waals surface area (Å²) >= 11 is 6.02. The van der Waals surface area contributed by atoms with E-state index in [-0.39, 0.29) is 24.2 Å². The fourth-order valence-corrected chi connectivity index (χ4v) is 4.45. The van der Waals surface area contributed by atoms with Gasteiger partial charge in [-0.3, -0.25) is 9.10 Å². The minimum Gasteiger partial charge on any atom is -0.350 e. The number of nitrogens with zero attached hydrogens (tertiary/aromatic N) is 1. The number of rotatable bonds is 7. The molecule has 0 unspecified atom stereocenters. The predicted octanol–water partition coefficient (Wildman–Crippen LogP) is 4.53. The highest BCUT2D eigenvalue weighted by Gasteiger charge is 2.33. The van der Waals surface area contributed by atoms with E-state index >= 15 is 0 Å². The molecule has 2 aromatic rings. The van der Waals surface area contributed by atoms with E-state index in [0.29, 0.717) is 10.6 Å². The number of amides is 1. The molecule has 5 nitrogen and oxygen atoms in total. The van der Waals surface area contributed by atoms with Gasteiger partial charge in [-0.25, -0.2) is 8.42 Å². The van der Waals surface area contributed by atoms with Crippen molar-refractivity contribution in [3.8, 4) is 0 Å². The molecule has 30 heavy (non-hydrogen) atoms. The van der Waals surface area contributed by atoms with E-state index in [1.807, 2.05) is 0 Å². The van der Waals surface area contributed by atoms with Gasteiger partial charge in [0.25, 0.3) is 0 Å². The molecule has 164 valence electrons. The summed E-state index contributed by atoms with van der Waals surface area (Å²) in [5.41, 5.74) is 0.298. The van der Waals surface area contributed by atoms with Gasteiger partial charge in [0.05, 0.1) is 17.5 Å². The van der Waals surface area contributed by atoms with Crippen molar-refractivity contribution in [2.45, 2.75) is 39.0 Å². The maximum atomic E-state index is 12.9. The summed E-state index contributed by atoms with van der Waals surface area (Å²) in [6.45, 7) is 3.16. The van der Waals surface area contributed by atoms with Crippen LogP contribution >= 0.6 is 11.6 Å². The van der Waals surface area contributed by atoms with Crippen LogP contribution in [0.15, 0.2) is 42.5 Å². The van der Waals surface area contributed by atoms with E-state index in [4.69, 9.17) is 11.6 Å². The number of carbonyl (C=O) groups excluding carboxylic acids is 1. The van der Waals surface area contributed by atoms with Crippen molar-refractivity contribution in [2.24, 2.45) is 0 Å². The molecule has 0 heterocycles. The Labute approximate surface area is 178 Å². The Hall–Kier alpha value is -2.26. The molecule has 0 radical (unpaired) electrons. The number of carbonyl (C=O) groups is 1. The molecule has 0 bridgehead atoms. The molecule has 0 aliphatic heterocycles. The van der Waals surface area contributed by atoms with E-state index in [2.05, 4.69) is 5.32 Å². The second kappa shape index (κ2) is 9.26. The van der Waals surface area contributed by atoms with Crippen molar-refractivity contribution in [2.75, 3.05) is 10.6 Å². The maximum Gasteiger partial charge on any atom is 0.416 e. The van der Waals surface area contributed by atoms with Crippen LogP contribution in [0.3, 0.4) is 0 Å². The normalized spacial score (nSPS) is 13.0. The first kappa shape index (κ1) is 24.0. The highest BCUT2D eigenvalue weighted by atomic mass is 35.5. The van der Waals surface area contributed by atoms with Crippen LogP contribution in [0.5, 0.6) is 0 Å². The third-order valence-corrected chi connectivity index (χ3v) is 5.86. The molecule has 0 saturated heterocycles. The van der Waals surface area contributed by atoms with E-state index in [9.17, 15) is 26.4 Å². The van der Waals surface area contributed by atoms with Gasteiger partial charge in [-0.1, -0.05) is 36.7 Å². The zero-order valence-electron chi connectivity index (χ0n) is 16.6. The fraction of sp³-hybridized carbons (Fsp3) is 0.350. The number of benzene rings is 2. The summed E-state index contributed by atoms with van der Waals surface area (Å²) < 4.78 is 64.6. The average molecular weight is 463 g/mol. The molecule has 0 aromatic heterocycles. The van der Waals surface area contributed by atoms with E-state index in [1.54, 1.807) is 26.0 Å². The third-order valence-electron chi connectivity index (χ3n) is 4.46. The first-order valence-corrected chi connectivity index (χ1v) is 11.3. The number of aryl methyl sites for hydroxylation is 1. The Morgan fingerprint density at radius 1 is 1.20 bits per heavy atom. The first-order chi connectivity index (χ1) is 13.8. The molecule has 10 heteroatoms. The Morgan fingerprint density at radius 2 is 1.87 bits per heavy atom. The molecule has 0 saturated carbocycles. The van der Waals surface area contributed by atoms with Crippen LogP contribution in [0.25, 0.3) is 0 Å². The number of alkyl halides is 3. The summed E-state index contributed by atoms with van der Waals surface area (Å²) in [7, 11) is -3.86.